The second kappa shape index (κ2) is 5.82. The van der Waals surface area contributed by atoms with Gasteiger partial charge in [-0.05, 0) is 24.5 Å². The normalized spacial score (nSPS) is 17.8. The lowest BCUT2D eigenvalue weighted by molar-refractivity contribution is 0.0475. The fourth-order valence-corrected chi connectivity index (χ4v) is 1.72. The molecule has 2 rings (SSSR count). The van der Waals surface area contributed by atoms with Gasteiger partial charge in [-0.3, -0.25) is 0 Å². The van der Waals surface area contributed by atoms with Crippen LogP contribution in [0.2, 0.25) is 0 Å². The average molecular weight is 234 g/mol. The standard InChI is InChI=1S/C14H18O3/c1-2-3-6-11-7-4-5-8-13(11)14(15)17-10-12-9-16-12/h4-5,7-8,12H,2-3,6,9-10H2,1H3. The van der Waals surface area contributed by atoms with E-state index in [9.17, 15) is 4.79 Å². The highest BCUT2D eigenvalue weighted by Gasteiger charge is 2.24. The molecule has 0 aromatic heterocycles. The number of hydrogen-bond acceptors (Lipinski definition) is 3. The number of aryl methyl sites for hydroxylation is 1. The van der Waals surface area contributed by atoms with Crippen molar-refractivity contribution in [3.05, 3.63) is 35.4 Å². The predicted octanol–water partition coefficient (Wildman–Crippen LogP) is 2.58. The summed E-state index contributed by atoms with van der Waals surface area (Å²) >= 11 is 0. The Bertz CT molecular complexity index is 383. The molecule has 1 unspecified atom stereocenters. The Morgan fingerprint density at radius 2 is 2.24 bits per heavy atom. The van der Waals surface area contributed by atoms with Gasteiger partial charge in [0.05, 0.1) is 12.2 Å². The molecule has 0 radical (unpaired) electrons. The summed E-state index contributed by atoms with van der Waals surface area (Å²) in [6.07, 6.45) is 3.28. The van der Waals surface area contributed by atoms with E-state index >= 15 is 0 Å². The highest BCUT2D eigenvalue weighted by Crippen LogP contribution is 2.15. The van der Waals surface area contributed by atoms with Crippen LogP contribution in [-0.4, -0.2) is 25.3 Å². The molecule has 0 N–H and O–H groups in total. The van der Waals surface area contributed by atoms with Crippen LogP contribution in [0.4, 0.5) is 0 Å². The average Bonchev–Trinajstić information content (AvgIpc) is 3.18. The van der Waals surface area contributed by atoms with E-state index in [1.54, 1.807) is 0 Å². The van der Waals surface area contributed by atoms with Crippen LogP contribution in [0.3, 0.4) is 0 Å². The van der Waals surface area contributed by atoms with Crippen LogP contribution < -0.4 is 0 Å². The van der Waals surface area contributed by atoms with Crippen molar-refractivity contribution in [2.24, 2.45) is 0 Å². The Balaban J connectivity index is 1.98. The molecule has 3 nitrogen and oxygen atoms in total. The van der Waals surface area contributed by atoms with Crippen LogP contribution >= 0.6 is 0 Å². The summed E-state index contributed by atoms with van der Waals surface area (Å²) < 4.78 is 10.2. The Kier molecular flexibility index (Phi) is 4.15. The van der Waals surface area contributed by atoms with Gasteiger partial charge in [-0.1, -0.05) is 31.5 Å². The first kappa shape index (κ1) is 12.1. The molecule has 0 amide bonds. The molecular formula is C14H18O3. The first-order chi connectivity index (χ1) is 8.31. The summed E-state index contributed by atoms with van der Waals surface area (Å²) in [4.78, 5) is 11.9. The molecule has 1 atom stereocenters. The largest absolute Gasteiger partial charge is 0.459 e. The lowest BCUT2D eigenvalue weighted by Gasteiger charge is -2.08. The number of carbonyl (C=O) groups is 1. The lowest BCUT2D eigenvalue weighted by atomic mass is 10.0. The topological polar surface area (TPSA) is 38.8 Å². The molecule has 17 heavy (non-hydrogen) atoms. The van der Waals surface area contributed by atoms with Crippen molar-refractivity contribution in [3.8, 4) is 0 Å². The Hall–Kier alpha value is -1.35. The van der Waals surface area contributed by atoms with Gasteiger partial charge in [0.15, 0.2) is 0 Å². The third-order valence-corrected chi connectivity index (χ3v) is 2.84. The molecule has 1 heterocycles. The van der Waals surface area contributed by atoms with E-state index in [1.807, 2.05) is 24.3 Å². The predicted molar refractivity (Wildman–Crippen MR) is 65.1 cm³/mol. The first-order valence-corrected chi connectivity index (χ1v) is 6.18. The fraction of sp³-hybridized carbons (Fsp3) is 0.500. The maximum absolute atomic E-state index is 11.9. The second-order valence-electron chi connectivity index (χ2n) is 4.31. The Labute approximate surface area is 102 Å². The molecule has 0 bridgehead atoms. The van der Waals surface area contributed by atoms with Crippen LogP contribution in [0.25, 0.3) is 0 Å². The minimum Gasteiger partial charge on any atom is -0.459 e. The molecule has 0 spiro atoms. The van der Waals surface area contributed by atoms with Crippen LogP contribution in [0.15, 0.2) is 24.3 Å². The summed E-state index contributed by atoms with van der Waals surface area (Å²) in [5.74, 6) is -0.229. The van der Waals surface area contributed by atoms with Gasteiger partial charge in [0.2, 0.25) is 0 Å². The van der Waals surface area contributed by atoms with E-state index in [-0.39, 0.29) is 12.1 Å². The molecule has 1 aliphatic heterocycles. The number of benzene rings is 1. The third-order valence-electron chi connectivity index (χ3n) is 2.84. The van der Waals surface area contributed by atoms with Crippen molar-refractivity contribution in [1.29, 1.82) is 0 Å². The maximum Gasteiger partial charge on any atom is 0.338 e. The van der Waals surface area contributed by atoms with E-state index in [0.29, 0.717) is 18.8 Å². The minimum atomic E-state index is -0.229. The first-order valence-electron chi connectivity index (χ1n) is 6.18. The molecular weight excluding hydrogens is 216 g/mol. The van der Waals surface area contributed by atoms with Gasteiger partial charge in [0, 0.05) is 0 Å². The van der Waals surface area contributed by atoms with Gasteiger partial charge < -0.3 is 9.47 Å². The van der Waals surface area contributed by atoms with Crippen LogP contribution in [0.1, 0.15) is 35.7 Å². The molecule has 3 heteroatoms. The van der Waals surface area contributed by atoms with Gasteiger partial charge in [-0.15, -0.1) is 0 Å². The monoisotopic (exact) mass is 234 g/mol. The van der Waals surface area contributed by atoms with Crippen molar-refractivity contribution in [1.82, 2.24) is 0 Å². The summed E-state index contributed by atoms with van der Waals surface area (Å²) in [5, 5.41) is 0. The number of epoxide rings is 1. The fourth-order valence-electron chi connectivity index (χ4n) is 1.72. The number of carbonyl (C=O) groups excluding carboxylic acids is 1. The van der Waals surface area contributed by atoms with Crippen molar-refractivity contribution in [3.63, 3.8) is 0 Å². The highest BCUT2D eigenvalue weighted by molar-refractivity contribution is 5.91. The SMILES string of the molecule is CCCCc1ccccc1C(=O)OCC1CO1. The molecule has 92 valence electrons. The van der Waals surface area contributed by atoms with Gasteiger partial charge in [-0.2, -0.15) is 0 Å². The zero-order valence-corrected chi connectivity index (χ0v) is 10.1. The van der Waals surface area contributed by atoms with Crippen molar-refractivity contribution < 1.29 is 14.3 Å². The molecule has 1 saturated heterocycles. The molecule has 1 aromatic rings. The van der Waals surface area contributed by atoms with Gasteiger partial charge in [0.1, 0.15) is 12.7 Å². The third kappa shape index (κ3) is 3.56. The van der Waals surface area contributed by atoms with Gasteiger partial charge in [-0.25, -0.2) is 4.79 Å². The lowest BCUT2D eigenvalue weighted by Crippen LogP contribution is -2.12. The minimum absolute atomic E-state index is 0.127. The number of unbranched alkanes of at least 4 members (excludes halogenated alkanes) is 1. The van der Waals surface area contributed by atoms with Gasteiger partial charge >= 0.3 is 5.97 Å². The summed E-state index contributed by atoms with van der Waals surface area (Å²) in [7, 11) is 0. The van der Waals surface area contributed by atoms with Crippen LogP contribution in [-0.2, 0) is 15.9 Å². The summed E-state index contributed by atoms with van der Waals surface area (Å²) in [5.41, 5.74) is 1.78. The summed E-state index contributed by atoms with van der Waals surface area (Å²) in [6, 6.07) is 7.67. The molecule has 1 aliphatic rings. The Morgan fingerprint density at radius 3 is 2.94 bits per heavy atom. The maximum atomic E-state index is 11.9. The molecule has 1 aromatic carbocycles. The Morgan fingerprint density at radius 1 is 1.47 bits per heavy atom. The second-order valence-corrected chi connectivity index (χ2v) is 4.31. The van der Waals surface area contributed by atoms with E-state index in [0.717, 1.165) is 24.8 Å². The number of rotatable bonds is 6. The summed E-state index contributed by atoms with van der Waals surface area (Å²) in [6.45, 7) is 3.23. The van der Waals surface area contributed by atoms with E-state index < -0.39 is 0 Å². The smallest absolute Gasteiger partial charge is 0.338 e. The van der Waals surface area contributed by atoms with Crippen molar-refractivity contribution in [2.75, 3.05) is 13.2 Å². The number of ether oxygens (including phenoxy) is 2. The quantitative estimate of drug-likeness (QED) is 0.561. The van der Waals surface area contributed by atoms with Crippen LogP contribution in [0, 0.1) is 0 Å². The van der Waals surface area contributed by atoms with Crippen molar-refractivity contribution >= 4 is 5.97 Å². The highest BCUT2D eigenvalue weighted by atomic mass is 16.6. The van der Waals surface area contributed by atoms with E-state index in [2.05, 4.69) is 6.92 Å². The van der Waals surface area contributed by atoms with E-state index in [1.165, 1.54) is 0 Å². The number of hydrogen-bond donors (Lipinski definition) is 0. The van der Waals surface area contributed by atoms with Crippen molar-refractivity contribution in [2.45, 2.75) is 32.3 Å². The van der Waals surface area contributed by atoms with Crippen LogP contribution in [0.5, 0.6) is 0 Å². The zero-order chi connectivity index (χ0) is 12.1. The van der Waals surface area contributed by atoms with Gasteiger partial charge in [0.25, 0.3) is 0 Å². The molecule has 1 fully saturated rings. The molecule has 0 aliphatic carbocycles. The molecule has 0 saturated carbocycles. The zero-order valence-electron chi connectivity index (χ0n) is 10.1. The number of esters is 1. The van der Waals surface area contributed by atoms with E-state index in [4.69, 9.17) is 9.47 Å².